The summed E-state index contributed by atoms with van der Waals surface area (Å²) in [4.78, 5) is 4.53. The van der Waals surface area contributed by atoms with E-state index in [1.165, 1.54) is 5.56 Å². The Bertz CT molecular complexity index is 1040. The van der Waals surface area contributed by atoms with Crippen molar-refractivity contribution in [3.63, 3.8) is 0 Å². The van der Waals surface area contributed by atoms with Crippen molar-refractivity contribution in [1.29, 1.82) is 0 Å². The standard InChI is InChI=1S/C19H19N5O2/c1-3-24-17-12-14(8-9-16(17)21-23-24)19-20-18(26-22-19)10-7-13-5-4-6-15(11-13)25-2/h4-6,8-9,11-12H,3,7,10H2,1-2H3. The molecular weight excluding hydrogens is 330 g/mol. The van der Waals surface area contributed by atoms with E-state index < -0.39 is 0 Å². The van der Waals surface area contributed by atoms with Gasteiger partial charge in [-0.2, -0.15) is 4.98 Å². The summed E-state index contributed by atoms with van der Waals surface area (Å²) < 4.78 is 12.5. The van der Waals surface area contributed by atoms with E-state index in [1.54, 1.807) is 7.11 Å². The minimum atomic E-state index is 0.580. The third-order valence-corrected chi connectivity index (χ3v) is 4.30. The molecule has 4 aromatic rings. The molecule has 0 atom stereocenters. The van der Waals surface area contributed by atoms with E-state index in [4.69, 9.17) is 9.26 Å². The Kier molecular flexibility index (Phi) is 4.35. The summed E-state index contributed by atoms with van der Waals surface area (Å²) in [6, 6.07) is 13.9. The van der Waals surface area contributed by atoms with Gasteiger partial charge in [0.1, 0.15) is 11.3 Å². The van der Waals surface area contributed by atoms with Crippen molar-refractivity contribution < 1.29 is 9.26 Å². The molecule has 26 heavy (non-hydrogen) atoms. The molecular formula is C19H19N5O2. The highest BCUT2D eigenvalue weighted by Crippen LogP contribution is 2.22. The Balaban J connectivity index is 1.52. The van der Waals surface area contributed by atoms with Crippen LogP contribution in [0.2, 0.25) is 0 Å². The van der Waals surface area contributed by atoms with E-state index in [1.807, 2.05) is 48.0 Å². The van der Waals surface area contributed by atoms with Crippen LogP contribution in [0.4, 0.5) is 0 Å². The number of aromatic nitrogens is 5. The first-order valence-corrected chi connectivity index (χ1v) is 8.56. The maximum atomic E-state index is 5.42. The number of nitrogens with zero attached hydrogens (tertiary/aromatic N) is 5. The number of rotatable bonds is 6. The molecule has 132 valence electrons. The number of hydrogen-bond donors (Lipinski definition) is 0. The quantitative estimate of drug-likeness (QED) is 0.531. The molecule has 2 heterocycles. The molecule has 0 amide bonds. The molecule has 0 aliphatic carbocycles. The minimum absolute atomic E-state index is 0.580. The van der Waals surface area contributed by atoms with Gasteiger partial charge in [0, 0.05) is 18.5 Å². The normalized spacial score (nSPS) is 11.2. The van der Waals surface area contributed by atoms with Gasteiger partial charge in [0.25, 0.3) is 0 Å². The van der Waals surface area contributed by atoms with Crippen LogP contribution >= 0.6 is 0 Å². The summed E-state index contributed by atoms with van der Waals surface area (Å²) in [5.41, 5.74) is 3.89. The lowest BCUT2D eigenvalue weighted by Gasteiger charge is -2.02. The van der Waals surface area contributed by atoms with Gasteiger partial charge in [0.2, 0.25) is 11.7 Å². The summed E-state index contributed by atoms with van der Waals surface area (Å²) in [6.07, 6.45) is 1.49. The third kappa shape index (κ3) is 3.15. The third-order valence-electron chi connectivity index (χ3n) is 4.30. The average Bonchev–Trinajstić information content (AvgIpc) is 3.32. The van der Waals surface area contributed by atoms with Crippen molar-refractivity contribution >= 4 is 11.0 Å². The fourth-order valence-electron chi connectivity index (χ4n) is 2.89. The fourth-order valence-corrected chi connectivity index (χ4v) is 2.89. The number of benzene rings is 2. The highest BCUT2D eigenvalue weighted by Gasteiger charge is 2.12. The zero-order valence-corrected chi connectivity index (χ0v) is 14.7. The van der Waals surface area contributed by atoms with Crippen LogP contribution in [0.3, 0.4) is 0 Å². The van der Waals surface area contributed by atoms with Gasteiger partial charge in [-0.25, -0.2) is 4.68 Å². The van der Waals surface area contributed by atoms with Crippen LogP contribution in [0.5, 0.6) is 5.75 Å². The average molecular weight is 349 g/mol. The van der Waals surface area contributed by atoms with Crippen molar-refractivity contribution in [1.82, 2.24) is 25.1 Å². The molecule has 4 rings (SSSR count). The van der Waals surface area contributed by atoms with Gasteiger partial charge < -0.3 is 9.26 Å². The van der Waals surface area contributed by atoms with E-state index in [9.17, 15) is 0 Å². The molecule has 0 radical (unpaired) electrons. The predicted molar refractivity (Wildman–Crippen MR) is 96.9 cm³/mol. The number of ether oxygens (including phenoxy) is 1. The van der Waals surface area contributed by atoms with E-state index >= 15 is 0 Å². The molecule has 0 bridgehead atoms. The van der Waals surface area contributed by atoms with Gasteiger partial charge in [-0.05, 0) is 49.2 Å². The predicted octanol–water partition coefficient (Wildman–Crippen LogP) is 3.30. The molecule has 7 nitrogen and oxygen atoms in total. The molecule has 0 N–H and O–H groups in total. The Morgan fingerprint density at radius 1 is 1.12 bits per heavy atom. The van der Waals surface area contributed by atoms with Crippen molar-refractivity contribution in [3.8, 4) is 17.1 Å². The number of methoxy groups -OCH3 is 1. The van der Waals surface area contributed by atoms with Crippen LogP contribution in [0.25, 0.3) is 22.4 Å². The first kappa shape index (κ1) is 16.3. The smallest absolute Gasteiger partial charge is 0.227 e. The molecule has 2 aromatic heterocycles. The summed E-state index contributed by atoms with van der Waals surface area (Å²) in [5.74, 6) is 2.05. The minimum Gasteiger partial charge on any atom is -0.497 e. The van der Waals surface area contributed by atoms with Crippen molar-refractivity contribution in [2.24, 2.45) is 0 Å². The van der Waals surface area contributed by atoms with Gasteiger partial charge >= 0.3 is 0 Å². The summed E-state index contributed by atoms with van der Waals surface area (Å²) in [7, 11) is 1.67. The summed E-state index contributed by atoms with van der Waals surface area (Å²) in [5, 5.41) is 12.4. The largest absolute Gasteiger partial charge is 0.497 e. The van der Waals surface area contributed by atoms with Crippen LogP contribution in [0.15, 0.2) is 47.0 Å². The monoisotopic (exact) mass is 349 g/mol. The topological polar surface area (TPSA) is 78.9 Å². The van der Waals surface area contributed by atoms with Crippen LogP contribution < -0.4 is 4.74 Å². The van der Waals surface area contributed by atoms with Crippen molar-refractivity contribution in [3.05, 3.63) is 53.9 Å². The zero-order chi connectivity index (χ0) is 17.9. The Labute approximate surface area is 150 Å². The van der Waals surface area contributed by atoms with Crippen LogP contribution in [0.1, 0.15) is 18.4 Å². The summed E-state index contributed by atoms with van der Waals surface area (Å²) >= 11 is 0. The molecule has 0 fully saturated rings. The van der Waals surface area contributed by atoms with E-state index in [0.717, 1.165) is 35.3 Å². The lowest BCUT2D eigenvalue weighted by molar-refractivity contribution is 0.378. The van der Waals surface area contributed by atoms with E-state index in [-0.39, 0.29) is 0 Å². The van der Waals surface area contributed by atoms with E-state index in [2.05, 4.69) is 26.5 Å². The van der Waals surface area contributed by atoms with Crippen molar-refractivity contribution in [2.45, 2.75) is 26.3 Å². The first-order valence-electron chi connectivity index (χ1n) is 8.56. The first-order chi connectivity index (χ1) is 12.8. The second kappa shape index (κ2) is 6.95. The second-order valence-electron chi connectivity index (χ2n) is 5.97. The Morgan fingerprint density at radius 3 is 2.88 bits per heavy atom. The zero-order valence-electron chi connectivity index (χ0n) is 14.7. The number of fused-ring (bicyclic) bond motifs is 1. The van der Waals surface area contributed by atoms with Crippen LogP contribution in [0, 0.1) is 0 Å². The number of aryl methyl sites for hydroxylation is 3. The molecule has 0 aliphatic rings. The van der Waals surface area contributed by atoms with Gasteiger partial charge in [0.15, 0.2) is 0 Å². The lowest BCUT2D eigenvalue weighted by Crippen LogP contribution is -1.96. The van der Waals surface area contributed by atoms with Gasteiger partial charge in [-0.3, -0.25) is 0 Å². The maximum Gasteiger partial charge on any atom is 0.227 e. The Morgan fingerprint density at radius 2 is 2.04 bits per heavy atom. The van der Waals surface area contributed by atoms with Gasteiger partial charge in [-0.15, -0.1) is 5.10 Å². The molecule has 0 spiro atoms. The van der Waals surface area contributed by atoms with Gasteiger partial charge in [-0.1, -0.05) is 22.5 Å². The molecule has 0 unspecified atom stereocenters. The van der Waals surface area contributed by atoms with Crippen molar-refractivity contribution in [2.75, 3.05) is 7.11 Å². The number of hydrogen-bond acceptors (Lipinski definition) is 6. The molecule has 0 saturated carbocycles. The second-order valence-corrected chi connectivity index (χ2v) is 5.97. The molecule has 2 aromatic carbocycles. The molecule has 0 aliphatic heterocycles. The fraction of sp³-hybridized carbons (Fsp3) is 0.263. The van der Waals surface area contributed by atoms with Crippen LogP contribution in [-0.4, -0.2) is 32.2 Å². The highest BCUT2D eigenvalue weighted by atomic mass is 16.5. The molecule has 0 saturated heterocycles. The molecule has 7 heteroatoms. The maximum absolute atomic E-state index is 5.42. The van der Waals surface area contributed by atoms with E-state index in [0.29, 0.717) is 18.1 Å². The Hall–Kier alpha value is -3.22. The summed E-state index contributed by atoms with van der Waals surface area (Å²) in [6.45, 7) is 2.80. The SMILES string of the molecule is CCn1nnc2ccc(-c3noc(CCc4cccc(OC)c4)n3)cc21. The van der Waals surface area contributed by atoms with Crippen LogP contribution in [-0.2, 0) is 19.4 Å². The highest BCUT2D eigenvalue weighted by molar-refractivity contribution is 5.79. The lowest BCUT2D eigenvalue weighted by atomic mass is 10.1. The van der Waals surface area contributed by atoms with Gasteiger partial charge in [0.05, 0.1) is 12.6 Å².